The first-order valence-corrected chi connectivity index (χ1v) is 9.29. The van der Waals surface area contributed by atoms with Crippen LogP contribution in [0.3, 0.4) is 0 Å². The summed E-state index contributed by atoms with van der Waals surface area (Å²) in [5, 5.41) is 11.2. The highest BCUT2D eigenvalue weighted by molar-refractivity contribution is 6.30. The lowest BCUT2D eigenvalue weighted by Crippen LogP contribution is -2.07. The second-order valence-electron chi connectivity index (χ2n) is 6.57. The number of aromatic amines is 1. The molecule has 0 saturated heterocycles. The van der Waals surface area contributed by atoms with Gasteiger partial charge >= 0.3 is 5.97 Å². The van der Waals surface area contributed by atoms with Crippen LogP contribution in [0.25, 0.3) is 10.9 Å². The summed E-state index contributed by atoms with van der Waals surface area (Å²) in [4.78, 5) is 14.8. The number of halogens is 1. The van der Waals surface area contributed by atoms with Gasteiger partial charge in [0.25, 0.3) is 0 Å². The lowest BCUT2D eigenvalue weighted by molar-refractivity contribution is -0.137. The molecule has 1 atom stereocenters. The number of aliphatic carboxylic acids is 1. The first-order chi connectivity index (χ1) is 13.6. The predicted octanol–water partition coefficient (Wildman–Crippen LogP) is 6.22. The monoisotopic (exact) mass is 391 g/mol. The molecule has 4 nitrogen and oxygen atoms in total. The van der Waals surface area contributed by atoms with Gasteiger partial charge in [0.15, 0.2) is 0 Å². The molecule has 28 heavy (non-hydrogen) atoms. The molecular formula is C23H18ClNO3. The maximum absolute atomic E-state index is 11.6. The molecule has 0 radical (unpaired) electrons. The Balaban J connectivity index is 1.71. The molecule has 5 heteroatoms. The number of hydrogen-bond acceptors (Lipinski definition) is 2. The highest BCUT2D eigenvalue weighted by Gasteiger charge is 2.21. The highest BCUT2D eigenvalue weighted by atomic mass is 35.5. The Morgan fingerprint density at radius 3 is 2.57 bits per heavy atom. The van der Waals surface area contributed by atoms with Crippen LogP contribution < -0.4 is 4.74 Å². The van der Waals surface area contributed by atoms with E-state index in [2.05, 4.69) is 4.98 Å². The summed E-state index contributed by atoms with van der Waals surface area (Å²) in [7, 11) is 0. The van der Waals surface area contributed by atoms with E-state index in [1.165, 1.54) is 0 Å². The molecule has 0 bridgehead atoms. The lowest BCUT2D eigenvalue weighted by Gasteiger charge is -2.16. The SMILES string of the molecule is O=C(O)C[C@H](c1cccc(Oc2ccc(Cl)cc2)c1)c1c[nH]c2ccccc12. The Kier molecular flexibility index (Phi) is 5.04. The number of nitrogens with one attached hydrogen (secondary N) is 1. The van der Waals surface area contributed by atoms with E-state index >= 15 is 0 Å². The number of para-hydroxylation sites is 1. The predicted molar refractivity (Wildman–Crippen MR) is 110 cm³/mol. The van der Waals surface area contributed by atoms with E-state index in [0.29, 0.717) is 16.5 Å². The van der Waals surface area contributed by atoms with E-state index in [1.807, 2.05) is 54.7 Å². The van der Waals surface area contributed by atoms with Gasteiger partial charge in [-0.2, -0.15) is 0 Å². The molecule has 0 aliphatic heterocycles. The molecule has 1 heterocycles. The molecule has 0 amide bonds. The van der Waals surface area contributed by atoms with Crippen molar-refractivity contribution in [1.29, 1.82) is 0 Å². The van der Waals surface area contributed by atoms with E-state index in [4.69, 9.17) is 16.3 Å². The Morgan fingerprint density at radius 2 is 1.79 bits per heavy atom. The number of hydrogen-bond donors (Lipinski definition) is 2. The van der Waals surface area contributed by atoms with Crippen molar-refractivity contribution in [2.45, 2.75) is 12.3 Å². The third-order valence-corrected chi connectivity index (χ3v) is 4.94. The van der Waals surface area contributed by atoms with Crippen LogP contribution in [0.2, 0.25) is 5.02 Å². The third kappa shape index (κ3) is 3.87. The normalized spacial score (nSPS) is 12.0. The van der Waals surface area contributed by atoms with Crippen molar-refractivity contribution in [3.8, 4) is 11.5 Å². The fourth-order valence-corrected chi connectivity index (χ4v) is 3.52. The molecule has 140 valence electrons. The van der Waals surface area contributed by atoms with Gasteiger partial charge in [0, 0.05) is 28.0 Å². The van der Waals surface area contributed by atoms with Crippen molar-refractivity contribution in [2.75, 3.05) is 0 Å². The molecule has 0 aliphatic carbocycles. The van der Waals surface area contributed by atoms with Gasteiger partial charge in [-0.05, 0) is 53.6 Å². The third-order valence-electron chi connectivity index (χ3n) is 4.69. The quantitative estimate of drug-likeness (QED) is 0.410. The zero-order valence-electron chi connectivity index (χ0n) is 14.9. The summed E-state index contributed by atoms with van der Waals surface area (Å²) < 4.78 is 5.92. The standard InChI is InChI=1S/C23H18ClNO3/c24-16-8-10-17(11-9-16)28-18-5-3-4-15(12-18)20(13-23(26)27)21-14-25-22-7-2-1-6-19(21)22/h1-12,14,20,25H,13H2,(H,26,27)/t20-/m1/s1. The van der Waals surface area contributed by atoms with Crippen LogP contribution in [0, 0.1) is 0 Å². The summed E-state index contributed by atoms with van der Waals surface area (Å²) in [6, 6.07) is 22.6. The van der Waals surface area contributed by atoms with Gasteiger partial charge in [-0.1, -0.05) is 41.9 Å². The summed E-state index contributed by atoms with van der Waals surface area (Å²) in [5.74, 6) is 0.181. The average Bonchev–Trinajstić information content (AvgIpc) is 3.12. The highest BCUT2D eigenvalue weighted by Crippen LogP contribution is 2.35. The van der Waals surface area contributed by atoms with Gasteiger partial charge in [-0.25, -0.2) is 0 Å². The van der Waals surface area contributed by atoms with E-state index in [-0.39, 0.29) is 12.3 Å². The molecule has 4 aromatic rings. The molecule has 0 spiro atoms. The Bertz CT molecular complexity index is 1120. The van der Waals surface area contributed by atoms with Gasteiger partial charge in [0.05, 0.1) is 6.42 Å². The Morgan fingerprint density at radius 1 is 1.00 bits per heavy atom. The van der Waals surface area contributed by atoms with Crippen LogP contribution in [0.1, 0.15) is 23.5 Å². The fraction of sp³-hybridized carbons (Fsp3) is 0.0870. The van der Waals surface area contributed by atoms with Gasteiger partial charge in [-0.3, -0.25) is 4.79 Å². The number of carboxylic acids is 1. The van der Waals surface area contributed by atoms with Gasteiger partial charge in [0.1, 0.15) is 11.5 Å². The largest absolute Gasteiger partial charge is 0.481 e. The molecule has 0 fully saturated rings. The van der Waals surface area contributed by atoms with Crippen LogP contribution in [0.15, 0.2) is 79.0 Å². The lowest BCUT2D eigenvalue weighted by atomic mass is 9.88. The van der Waals surface area contributed by atoms with Crippen molar-refractivity contribution in [1.82, 2.24) is 4.98 Å². The number of carbonyl (C=O) groups is 1. The fourth-order valence-electron chi connectivity index (χ4n) is 3.40. The number of aromatic nitrogens is 1. The van der Waals surface area contributed by atoms with Gasteiger partial charge in [0.2, 0.25) is 0 Å². The number of H-pyrrole nitrogens is 1. The number of rotatable bonds is 6. The second-order valence-corrected chi connectivity index (χ2v) is 7.00. The zero-order chi connectivity index (χ0) is 19.5. The molecule has 0 aliphatic rings. The maximum atomic E-state index is 11.6. The topological polar surface area (TPSA) is 62.3 Å². The molecule has 3 aromatic carbocycles. The van der Waals surface area contributed by atoms with Crippen LogP contribution >= 0.6 is 11.6 Å². The van der Waals surface area contributed by atoms with Crippen LogP contribution in [0.5, 0.6) is 11.5 Å². The van der Waals surface area contributed by atoms with Crippen molar-refractivity contribution in [3.63, 3.8) is 0 Å². The number of fused-ring (bicyclic) bond motifs is 1. The summed E-state index contributed by atoms with van der Waals surface area (Å²) in [6.45, 7) is 0. The van der Waals surface area contributed by atoms with Crippen molar-refractivity contribution in [2.24, 2.45) is 0 Å². The smallest absolute Gasteiger partial charge is 0.304 e. The molecule has 0 saturated carbocycles. The number of benzene rings is 3. The first kappa shape index (κ1) is 18.1. The summed E-state index contributed by atoms with van der Waals surface area (Å²) in [6.07, 6.45) is 1.89. The van der Waals surface area contributed by atoms with Crippen LogP contribution in [-0.2, 0) is 4.79 Å². The number of ether oxygens (including phenoxy) is 1. The molecular weight excluding hydrogens is 374 g/mol. The molecule has 1 aromatic heterocycles. The Hall–Kier alpha value is -3.24. The van der Waals surface area contributed by atoms with E-state index < -0.39 is 5.97 Å². The molecule has 0 unspecified atom stereocenters. The van der Waals surface area contributed by atoms with Crippen molar-refractivity contribution in [3.05, 3.63) is 95.1 Å². The Labute approximate surface area is 167 Å². The van der Waals surface area contributed by atoms with E-state index in [1.54, 1.807) is 24.3 Å². The average molecular weight is 392 g/mol. The summed E-state index contributed by atoms with van der Waals surface area (Å²) in [5.41, 5.74) is 2.83. The second kappa shape index (κ2) is 7.79. The van der Waals surface area contributed by atoms with Crippen LogP contribution in [0.4, 0.5) is 0 Å². The molecule has 4 rings (SSSR count). The zero-order valence-corrected chi connectivity index (χ0v) is 15.7. The van der Waals surface area contributed by atoms with Crippen molar-refractivity contribution >= 4 is 28.5 Å². The van der Waals surface area contributed by atoms with E-state index in [0.717, 1.165) is 22.0 Å². The number of carboxylic acid groups (broad SMARTS) is 1. The summed E-state index contributed by atoms with van der Waals surface area (Å²) >= 11 is 5.92. The maximum Gasteiger partial charge on any atom is 0.304 e. The minimum Gasteiger partial charge on any atom is -0.481 e. The van der Waals surface area contributed by atoms with Gasteiger partial charge < -0.3 is 14.8 Å². The molecule has 2 N–H and O–H groups in total. The van der Waals surface area contributed by atoms with Gasteiger partial charge in [-0.15, -0.1) is 0 Å². The first-order valence-electron chi connectivity index (χ1n) is 8.91. The minimum absolute atomic E-state index is 0.00769. The van der Waals surface area contributed by atoms with Crippen molar-refractivity contribution < 1.29 is 14.6 Å². The minimum atomic E-state index is -0.848. The van der Waals surface area contributed by atoms with E-state index in [9.17, 15) is 9.90 Å². The van der Waals surface area contributed by atoms with Crippen LogP contribution in [-0.4, -0.2) is 16.1 Å².